The molecule has 1 atom stereocenters. The van der Waals surface area contributed by atoms with Crippen molar-refractivity contribution in [3.05, 3.63) is 71.8 Å². The summed E-state index contributed by atoms with van der Waals surface area (Å²) in [4.78, 5) is 23.1. The molecule has 0 aliphatic carbocycles. The van der Waals surface area contributed by atoms with Crippen LogP contribution in [0.15, 0.2) is 66.7 Å². The molecule has 1 aromatic heterocycles. The van der Waals surface area contributed by atoms with Crippen LogP contribution in [0.25, 0.3) is 11.0 Å². The van der Waals surface area contributed by atoms with Gasteiger partial charge in [-0.3, -0.25) is 13.3 Å². The summed E-state index contributed by atoms with van der Waals surface area (Å²) in [6, 6.07) is 17.7. The van der Waals surface area contributed by atoms with Crippen molar-refractivity contribution in [2.75, 3.05) is 35.6 Å². The molecule has 4 aromatic rings. The minimum Gasteiger partial charge on any atom is -0.755 e. The van der Waals surface area contributed by atoms with E-state index >= 15 is 0 Å². The SMILES string of the molecule is CN(C)CC(=O)Nc1cccc(N(c2nc3ccccc3nc2Nc2cc(O)ccc2Cl)S(=O)[O-])c1. The summed E-state index contributed by atoms with van der Waals surface area (Å²) in [6.07, 6.45) is 0. The van der Waals surface area contributed by atoms with Gasteiger partial charge in [0.1, 0.15) is 5.75 Å². The minimum absolute atomic E-state index is 0.0294. The summed E-state index contributed by atoms with van der Waals surface area (Å²) in [6.45, 7) is 0.163. The fraction of sp³-hybridized carbons (Fsp3) is 0.125. The highest BCUT2D eigenvalue weighted by Gasteiger charge is 2.21. The lowest BCUT2D eigenvalue weighted by Gasteiger charge is -2.27. The van der Waals surface area contributed by atoms with E-state index in [-0.39, 0.29) is 40.5 Å². The molecular weight excluding hydrogens is 504 g/mol. The standard InChI is InChI=1S/C24H23ClN6O4S/c1-30(2)14-22(33)26-15-6-5-7-16(12-15)31(36(34)35)24-23(27-19-8-3-4-9-20(19)29-24)28-21-13-17(32)10-11-18(21)25/h3-13,32H,14H2,1-2H3,(H,26,33)(H,27,28)(H,34,35)/p-1. The molecule has 0 aliphatic rings. The highest BCUT2D eigenvalue weighted by Crippen LogP contribution is 2.36. The smallest absolute Gasteiger partial charge is 0.238 e. The quantitative estimate of drug-likeness (QED) is 0.292. The van der Waals surface area contributed by atoms with Crippen molar-refractivity contribution in [2.24, 2.45) is 0 Å². The van der Waals surface area contributed by atoms with E-state index in [1.165, 1.54) is 24.3 Å². The number of carbonyl (C=O) groups excluding carboxylic acids is 1. The van der Waals surface area contributed by atoms with Crippen LogP contribution < -0.4 is 14.9 Å². The molecule has 1 heterocycles. The van der Waals surface area contributed by atoms with E-state index in [2.05, 4.69) is 20.6 Å². The summed E-state index contributed by atoms with van der Waals surface area (Å²) >= 11 is 3.46. The van der Waals surface area contributed by atoms with Crippen LogP contribution in [0.5, 0.6) is 5.75 Å². The van der Waals surface area contributed by atoms with Gasteiger partial charge in [-0.05, 0) is 56.6 Å². The van der Waals surface area contributed by atoms with E-state index in [1.54, 1.807) is 61.5 Å². The maximum Gasteiger partial charge on any atom is 0.238 e. The molecule has 36 heavy (non-hydrogen) atoms. The zero-order valence-corrected chi connectivity index (χ0v) is 20.9. The maximum atomic E-state index is 12.5. The number of amides is 1. The van der Waals surface area contributed by atoms with Crippen LogP contribution >= 0.6 is 11.6 Å². The molecule has 0 saturated carbocycles. The Kier molecular flexibility index (Phi) is 7.65. The van der Waals surface area contributed by atoms with Crippen LogP contribution in [0, 0.1) is 0 Å². The number of nitrogens with one attached hydrogen (secondary N) is 2. The second kappa shape index (κ2) is 10.9. The molecule has 0 spiro atoms. The van der Waals surface area contributed by atoms with E-state index in [0.29, 0.717) is 22.4 Å². The predicted octanol–water partition coefficient (Wildman–Crippen LogP) is 4.16. The van der Waals surface area contributed by atoms with Gasteiger partial charge in [0.15, 0.2) is 11.6 Å². The Morgan fingerprint density at radius 3 is 2.47 bits per heavy atom. The number of likely N-dealkylation sites (N-methyl/N-ethyl adjacent to an activating group) is 1. The first-order chi connectivity index (χ1) is 17.2. The topological polar surface area (TPSA) is 134 Å². The molecule has 0 radical (unpaired) electrons. The number of rotatable bonds is 8. The number of fused-ring (bicyclic) bond motifs is 1. The molecule has 0 aliphatic heterocycles. The number of carbonyl (C=O) groups is 1. The zero-order valence-electron chi connectivity index (χ0n) is 19.3. The molecule has 10 nitrogen and oxygen atoms in total. The average Bonchev–Trinajstić information content (AvgIpc) is 2.81. The largest absolute Gasteiger partial charge is 0.755 e. The Bertz CT molecular complexity index is 1450. The van der Waals surface area contributed by atoms with Gasteiger partial charge in [0.25, 0.3) is 0 Å². The number of phenols is 1. The molecule has 0 fully saturated rings. The fourth-order valence-corrected chi connectivity index (χ4v) is 4.15. The molecule has 1 unspecified atom stereocenters. The molecule has 186 valence electrons. The second-order valence-electron chi connectivity index (χ2n) is 8.02. The molecule has 1 amide bonds. The summed E-state index contributed by atoms with van der Waals surface area (Å²) in [5.74, 6) is -0.230. The van der Waals surface area contributed by atoms with Crippen molar-refractivity contribution in [1.29, 1.82) is 0 Å². The zero-order chi connectivity index (χ0) is 25.8. The lowest BCUT2D eigenvalue weighted by Crippen LogP contribution is -2.27. The van der Waals surface area contributed by atoms with Gasteiger partial charge >= 0.3 is 0 Å². The number of para-hydroxylation sites is 2. The van der Waals surface area contributed by atoms with Gasteiger partial charge in [0.2, 0.25) is 5.91 Å². The minimum atomic E-state index is -2.82. The van der Waals surface area contributed by atoms with Gasteiger partial charge in [0.05, 0.1) is 45.2 Å². The van der Waals surface area contributed by atoms with Crippen LogP contribution in [0.2, 0.25) is 5.02 Å². The molecule has 3 N–H and O–H groups in total. The van der Waals surface area contributed by atoms with E-state index in [0.717, 1.165) is 4.31 Å². The molecule has 3 aromatic carbocycles. The van der Waals surface area contributed by atoms with Crippen molar-refractivity contribution in [3.63, 3.8) is 0 Å². The number of hydrogen-bond donors (Lipinski definition) is 3. The number of aromatic hydroxyl groups is 1. The Balaban J connectivity index is 1.81. The summed E-state index contributed by atoms with van der Waals surface area (Å²) < 4.78 is 26.0. The lowest BCUT2D eigenvalue weighted by molar-refractivity contribution is -0.116. The first-order valence-electron chi connectivity index (χ1n) is 10.7. The van der Waals surface area contributed by atoms with E-state index in [9.17, 15) is 18.7 Å². The third-order valence-electron chi connectivity index (χ3n) is 4.92. The Labute approximate surface area is 215 Å². The first-order valence-corrected chi connectivity index (χ1v) is 12.1. The number of phenolic OH excluding ortho intramolecular Hbond substituents is 1. The number of anilines is 5. The highest BCUT2D eigenvalue weighted by atomic mass is 35.5. The van der Waals surface area contributed by atoms with Crippen molar-refractivity contribution >= 4 is 68.5 Å². The molecule has 0 saturated heterocycles. The third-order valence-corrected chi connectivity index (χ3v) is 5.93. The molecule has 12 heteroatoms. The van der Waals surface area contributed by atoms with Crippen LogP contribution in [-0.2, 0) is 16.1 Å². The Hall–Kier alpha value is -3.77. The van der Waals surface area contributed by atoms with E-state index < -0.39 is 11.3 Å². The van der Waals surface area contributed by atoms with Crippen molar-refractivity contribution in [3.8, 4) is 5.75 Å². The lowest BCUT2D eigenvalue weighted by atomic mass is 10.2. The summed E-state index contributed by atoms with van der Waals surface area (Å²) in [5, 5.41) is 15.9. The van der Waals surface area contributed by atoms with Gasteiger partial charge in [-0.25, -0.2) is 9.97 Å². The van der Waals surface area contributed by atoms with Gasteiger partial charge in [0, 0.05) is 11.8 Å². The second-order valence-corrected chi connectivity index (χ2v) is 9.23. The van der Waals surface area contributed by atoms with Crippen LogP contribution in [-0.4, -0.2) is 55.3 Å². The normalized spacial score (nSPS) is 11.9. The van der Waals surface area contributed by atoms with Gasteiger partial charge < -0.3 is 25.2 Å². The van der Waals surface area contributed by atoms with Gasteiger partial charge in [-0.1, -0.05) is 29.8 Å². The van der Waals surface area contributed by atoms with Crippen molar-refractivity contribution in [2.45, 2.75) is 0 Å². The van der Waals surface area contributed by atoms with E-state index in [4.69, 9.17) is 11.6 Å². The molecular formula is C24H22ClN6O4S-. The third kappa shape index (κ3) is 5.89. The number of benzene rings is 3. The first kappa shape index (κ1) is 25.3. The average molecular weight is 526 g/mol. The van der Waals surface area contributed by atoms with Crippen LogP contribution in [0.4, 0.5) is 28.7 Å². The maximum absolute atomic E-state index is 12.5. The predicted molar refractivity (Wildman–Crippen MR) is 141 cm³/mol. The Morgan fingerprint density at radius 2 is 1.78 bits per heavy atom. The summed E-state index contributed by atoms with van der Waals surface area (Å²) in [5.41, 5.74) is 1.92. The van der Waals surface area contributed by atoms with Gasteiger partial charge in [-0.2, -0.15) is 0 Å². The highest BCUT2D eigenvalue weighted by molar-refractivity contribution is 7.81. The fourth-order valence-electron chi connectivity index (χ4n) is 3.43. The van der Waals surface area contributed by atoms with Crippen LogP contribution in [0.1, 0.15) is 0 Å². The summed E-state index contributed by atoms with van der Waals surface area (Å²) in [7, 11) is 3.54. The number of hydrogen-bond acceptors (Lipinski definition) is 8. The molecule has 0 bridgehead atoms. The molecule has 4 rings (SSSR count). The Morgan fingerprint density at radius 1 is 1.06 bits per heavy atom. The van der Waals surface area contributed by atoms with Crippen molar-refractivity contribution in [1.82, 2.24) is 14.9 Å². The number of nitrogens with zero attached hydrogens (tertiary/aromatic N) is 4. The van der Waals surface area contributed by atoms with E-state index in [1.807, 2.05) is 0 Å². The van der Waals surface area contributed by atoms with Crippen molar-refractivity contribution < 1.29 is 18.7 Å². The monoisotopic (exact) mass is 525 g/mol. The van der Waals surface area contributed by atoms with Crippen LogP contribution in [0.3, 0.4) is 0 Å². The number of halogens is 1. The number of aromatic nitrogens is 2. The van der Waals surface area contributed by atoms with Gasteiger partial charge in [-0.15, -0.1) is 0 Å².